The van der Waals surface area contributed by atoms with E-state index in [1.165, 1.54) is 0 Å². The second kappa shape index (κ2) is 8.15. The van der Waals surface area contributed by atoms with Gasteiger partial charge in [0, 0.05) is 19.0 Å². The maximum atomic E-state index is 12.3. The van der Waals surface area contributed by atoms with E-state index in [2.05, 4.69) is 24.5 Å². The summed E-state index contributed by atoms with van der Waals surface area (Å²) in [5.41, 5.74) is 1.09. The van der Waals surface area contributed by atoms with Crippen molar-refractivity contribution in [1.82, 2.24) is 10.6 Å². The lowest BCUT2D eigenvalue weighted by atomic mass is 9.95. The molecule has 1 saturated heterocycles. The Bertz CT molecular complexity index is 467. The van der Waals surface area contributed by atoms with E-state index in [-0.39, 0.29) is 18.0 Å². The van der Waals surface area contributed by atoms with Crippen LogP contribution in [0.5, 0.6) is 5.75 Å². The van der Waals surface area contributed by atoms with Crippen LogP contribution in [0.15, 0.2) is 24.3 Å². The van der Waals surface area contributed by atoms with Crippen LogP contribution < -0.4 is 15.4 Å². The van der Waals surface area contributed by atoms with Crippen molar-refractivity contribution in [3.63, 3.8) is 0 Å². The maximum Gasteiger partial charge on any atom is 0.222 e. The molecule has 2 unspecified atom stereocenters. The molecule has 0 spiro atoms. The van der Waals surface area contributed by atoms with Gasteiger partial charge in [-0.3, -0.25) is 4.79 Å². The Labute approximate surface area is 132 Å². The molecule has 2 rings (SSSR count). The summed E-state index contributed by atoms with van der Waals surface area (Å²) in [7, 11) is 1.65. The molecule has 1 aromatic carbocycles. The first-order valence-corrected chi connectivity index (χ1v) is 7.84. The Hall–Kier alpha value is -1.59. The van der Waals surface area contributed by atoms with Gasteiger partial charge in [0.25, 0.3) is 0 Å². The Balaban J connectivity index is 1.96. The first-order valence-electron chi connectivity index (χ1n) is 7.84. The fourth-order valence-electron chi connectivity index (χ4n) is 2.65. The topological polar surface area (TPSA) is 59.6 Å². The molecule has 0 aliphatic carbocycles. The maximum absolute atomic E-state index is 12.3. The van der Waals surface area contributed by atoms with Crippen LogP contribution in [0.1, 0.15) is 31.9 Å². The second-order valence-corrected chi connectivity index (χ2v) is 5.99. The van der Waals surface area contributed by atoms with Crippen molar-refractivity contribution in [3.05, 3.63) is 29.8 Å². The quantitative estimate of drug-likeness (QED) is 0.842. The summed E-state index contributed by atoms with van der Waals surface area (Å²) in [6, 6.07) is 7.97. The highest BCUT2D eigenvalue weighted by Crippen LogP contribution is 2.24. The zero-order valence-electron chi connectivity index (χ0n) is 13.6. The van der Waals surface area contributed by atoms with Gasteiger partial charge in [-0.1, -0.05) is 26.0 Å². The molecule has 1 amide bonds. The molecule has 2 atom stereocenters. The highest BCUT2D eigenvalue weighted by molar-refractivity contribution is 5.77. The van der Waals surface area contributed by atoms with E-state index >= 15 is 0 Å². The van der Waals surface area contributed by atoms with Gasteiger partial charge in [-0.25, -0.2) is 0 Å². The van der Waals surface area contributed by atoms with Gasteiger partial charge in [-0.05, 0) is 23.6 Å². The third-order valence-electron chi connectivity index (χ3n) is 3.89. The minimum Gasteiger partial charge on any atom is -0.497 e. The minimum atomic E-state index is 0.00270. The summed E-state index contributed by atoms with van der Waals surface area (Å²) >= 11 is 0. The van der Waals surface area contributed by atoms with Crippen LogP contribution in [0, 0.1) is 5.92 Å². The minimum absolute atomic E-state index is 0.00270. The Morgan fingerprint density at radius 1 is 1.41 bits per heavy atom. The van der Waals surface area contributed by atoms with Crippen molar-refractivity contribution in [2.24, 2.45) is 5.92 Å². The molecular weight excluding hydrogens is 280 g/mol. The van der Waals surface area contributed by atoms with Crippen molar-refractivity contribution in [1.29, 1.82) is 0 Å². The van der Waals surface area contributed by atoms with Crippen LogP contribution in [0.3, 0.4) is 0 Å². The van der Waals surface area contributed by atoms with Crippen molar-refractivity contribution >= 4 is 5.91 Å². The second-order valence-electron chi connectivity index (χ2n) is 5.99. The average Bonchev–Trinajstić information content (AvgIpc) is 2.53. The van der Waals surface area contributed by atoms with E-state index in [0.29, 0.717) is 18.9 Å². The lowest BCUT2D eigenvalue weighted by molar-refractivity contribution is -0.123. The van der Waals surface area contributed by atoms with Gasteiger partial charge in [0.2, 0.25) is 5.91 Å². The summed E-state index contributed by atoms with van der Waals surface area (Å²) in [6.07, 6.45) is 0.444. The number of hydrogen-bond acceptors (Lipinski definition) is 4. The highest BCUT2D eigenvalue weighted by Gasteiger charge is 2.22. The highest BCUT2D eigenvalue weighted by atomic mass is 16.5. The van der Waals surface area contributed by atoms with Gasteiger partial charge in [0.05, 0.1) is 26.4 Å². The monoisotopic (exact) mass is 306 g/mol. The van der Waals surface area contributed by atoms with Gasteiger partial charge < -0.3 is 20.1 Å². The van der Waals surface area contributed by atoms with E-state index in [1.807, 2.05) is 24.3 Å². The molecule has 1 aliphatic rings. The summed E-state index contributed by atoms with van der Waals surface area (Å²) in [5.74, 6) is 1.19. The number of methoxy groups -OCH3 is 1. The number of hydrogen-bond donors (Lipinski definition) is 2. The first kappa shape index (κ1) is 16.8. The zero-order chi connectivity index (χ0) is 15.9. The van der Waals surface area contributed by atoms with Crippen LogP contribution in [0.2, 0.25) is 0 Å². The van der Waals surface area contributed by atoms with Crippen molar-refractivity contribution in [3.8, 4) is 5.75 Å². The number of ether oxygens (including phenoxy) is 2. The van der Waals surface area contributed by atoms with E-state index in [1.54, 1.807) is 7.11 Å². The number of benzene rings is 1. The molecule has 0 aromatic heterocycles. The molecule has 1 heterocycles. The summed E-state index contributed by atoms with van der Waals surface area (Å²) in [5, 5.41) is 6.45. The van der Waals surface area contributed by atoms with Crippen LogP contribution >= 0.6 is 0 Å². The molecule has 5 heteroatoms. The van der Waals surface area contributed by atoms with E-state index < -0.39 is 0 Å². The first-order chi connectivity index (χ1) is 10.6. The van der Waals surface area contributed by atoms with Crippen molar-refractivity contribution < 1.29 is 14.3 Å². The van der Waals surface area contributed by atoms with Gasteiger partial charge in [0.15, 0.2) is 0 Å². The number of carbonyl (C=O) groups excluding carboxylic acids is 1. The van der Waals surface area contributed by atoms with Crippen molar-refractivity contribution in [2.75, 3.05) is 26.9 Å². The van der Waals surface area contributed by atoms with Gasteiger partial charge in [0.1, 0.15) is 5.75 Å². The fourth-order valence-corrected chi connectivity index (χ4v) is 2.65. The fraction of sp³-hybridized carbons (Fsp3) is 0.588. The molecule has 0 saturated carbocycles. The third kappa shape index (κ3) is 4.71. The number of morpholine rings is 1. The van der Waals surface area contributed by atoms with E-state index in [4.69, 9.17) is 9.47 Å². The molecule has 0 radical (unpaired) electrons. The molecular formula is C17H26N2O3. The SMILES string of the molecule is COc1ccc(C(NC(=O)CC2COCCN2)C(C)C)cc1. The lowest BCUT2D eigenvalue weighted by Crippen LogP contribution is -2.45. The molecule has 1 aliphatic heterocycles. The number of nitrogens with one attached hydrogen (secondary N) is 2. The molecule has 1 fully saturated rings. The van der Waals surface area contributed by atoms with Crippen molar-refractivity contribution in [2.45, 2.75) is 32.4 Å². The molecule has 0 bridgehead atoms. The molecule has 122 valence electrons. The molecule has 5 nitrogen and oxygen atoms in total. The smallest absolute Gasteiger partial charge is 0.222 e. The Morgan fingerprint density at radius 3 is 2.68 bits per heavy atom. The zero-order valence-corrected chi connectivity index (χ0v) is 13.6. The summed E-state index contributed by atoms with van der Waals surface area (Å²) < 4.78 is 10.6. The Kier molecular flexibility index (Phi) is 6.21. The van der Waals surface area contributed by atoms with Crippen LogP contribution in [-0.4, -0.2) is 38.8 Å². The lowest BCUT2D eigenvalue weighted by Gasteiger charge is -2.26. The van der Waals surface area contributed by atoms with Gasteiger partial charge in [-0.2, -0.15) is 0 Å². The molecule has 22 heavy (non-hydrogen) atoms. The van der Waals surface area contributed by atoms with Crippen LogP contribution in [0.25, 0.3) is 0 Å². The predicted molar refractivity (Wildman–Crippen MR) is 85.9 cm³/mol. The number of carbonyl (C=O) groups is 1. The normalized spacial score (nSPS) is 19.7. The predicted octanol–water partition coefficient (Wildman–Crippen LogP) is 1.89. The third-order valence-corrected chi connectivity index (χ3v) is 3.89. The average molecular weight is 306 g/mol. The number of rotatable bonds is 6. The van der Waals surface area contributed by atoms with E-state index in [9.17, 15) is 4.79 Å². The number of amides is 1. The standard InChI is InChI=1S/C17H26N2O3/c1-12(2)17(13-4-6-15(21-3)7-5-13)19-16(20)10-14-11-22-9-8-18-14/h4-7,12,14,17-18H,8-11H2,1-3H3,(H,19,20). The molecule has 2 N–H and O–H groups in total. The van der Waals surface area contributed by atoms with Gasteiger partial charge >= 0.3 is 0 Å². The van der Waals surface area contributed by atoms with Crippen LogP contribution in [-0.2, 0) is 9.53 Å². The Morgan fingerprint density at radius 2 is 2.14 bits per heavy atom. The van der Waals surface area contributed by atoms with Crippen LogP contribution in [0.4, 0.5) is 0 Å². The van der Waals surface area contributed by atoms with Gasteiger partial charge in [-0.15, -0.1) is 0 Å². The summed E-state index contributed by atoms with van der Waals surface area (Å²) in [4.78, 5) is 12.3. The van der Waals surface area contributed by atoms with E-state index in [0.717, 1.165) is 24.5 Å². The summed E-state index contributed by atoms with van der Waals surface area (Å²) in [6.45, 7) is 6.35. The molecule has 1 aromatic rings. The largest absolute Gasteiger partial charge is 0.497 e.